The normalized spacial score (nSPS) is 18.2. The number of hydrogen-bond donors (Lipinski definition) is 2. The van der Waals surface area contributed by atoms with Crippen molar-refractivity contribution in [2.45, 2.75) is 31.6 Å². The number of hydrogen-bond acceptors (Lipinski definition) is 3. The smallest absolute Gasteiger partial charge is 0.191 e. The first-order valence-corrected chi connectivity index (χ1v) is 8.45. The van der Waals surface area contributed by atoms with E-state index in [9.17, 15) is 0 Å². The second-order valence-electron chi connectivity index (χ2n) is 4.70. The number of aliphatic imine (C=N–C) groups is 1. The van der Waals surface area contributed by atoms with Crippen LogP contribution in [0, 0.1) is 0 Å². The molecule has 0 amide bonds. The summed E-state index contributed by atoms with van der Waals surface area (Å²) in [5, 5.41) is 7.92. The molecule has 1 atom stereocenters. The Kier molecular flexibility index (Phi) is 9.42. The third-order valence-corrected chi connectivity index (χ3v) is 4.70. The van der Waals surface area contributed by atoms with Crippen LogP contribution in [0.5, 0.6) is 0 Å². The maximum Gasteiger partial charge on any atom is 0.191 e. The average Bonchev–Trinajstić information content (AvgIpc) is 2.97. The Labute approximate surface area is 152 Å². The molecule has 1 aromatic heterocycles. The van der Waals surface area contributed by atoms with Crippen molar-refractivity contribution in [2.24, 2.45) is 4.99 Å². The molecule has 2 rings (SSSR count). The van der Waals surface area contributed by atoms with E-state index in [4.69, 9.17) is 11.6 Å². The van der Waals surface area contributed by atoms with Crippen molar-refractivity contribution in [2.75, 3.05) is 18.8 Å². The fourth-order valence-electron chi connectivity index (χ4n) is 2.03. The Hall–Kier alpha value is -0.210. The summed E-state index contributed by atoms with van der Waals surface area (Å²) >= 11 is 7.82. The van der Waals surface area contributed by atoms with Crippen LogP contribution in [-0.2, 0) is 6.54 Å². The van der Waals surface area contributed by atoms with E-state index in [0.29, 0.717) is 11.7 Å². The SMILES string of the molecule is CCNC(=NCc1ccc(Cl)nc1)NCC1CCCS1.I. The van der Waals surface area contributed by atoms with Crippen molar-refractivity contribution < 1.29 is 0 Å². The summed E-state index contributed by atoms with van der Waals surface area (Å²) in [6, 6.07) is 3.75. The maximum atomic E-state index is 5.77. The van der Waals surface area contributed by atoms with Crippen molar-refractivity contribution >= 4 is 53.3 Å². The molecule has 0 aliphatic carbocycles. The third-order valence-electron chi connectivity index (χ3n) is 3.07. The van der Waals surface area contributed by atoms with Crippen LogP contribution in [0.1, 0.15) is 25.3 Å². The number of nitrogens with zero attached hydrogens (tertiary/aromatic N) is 2. The molecule has 21 heavy (non-hydrogen) atoms. The summed E-state index contributed by atoms with van der Waals surface area (Å²) in [5.74, 6) is 2.16. The lowest BCUT2D eigenvalue weighted by atomic mass is 10.2. The minimum atomic E-state index is 0. The van der Waals surface area contributed by atoms with Crippen molar-refractivity contribution in [1.29, 1.82) is 0 Å². The Morgan fingerprint density at radius 2 is 2.33 bits per heavy atom. The van der Waals surface area contributed by atoms with Gasteiger partial charge in [-0.15, -0.1) is 24.0 Å². The van der Waals surface area contributed by atoms with Gasteiger partial charge >= 0.3 is 0 Å². The molecular weight excluding hydrogens is 419 g/mol. The van der Waals surface area contributed by atoms with Crippen LogP contribution < -0.4 is 10.6 Å². The molecule has 0 bridgehead atoms. The largest absolute Gasteiger partial charge is 0.357 e. The number of nitrogens with one attached hydrogen (secondary N) is 2. The molecule has 1 unspecified atom stereocenters. The number of pyridine rings is 1. The summed E-state index contributed by atoms with van der Waals surface area (Å²) in [6.45, 7) is 4.53. The van der Waals surface area contributed by atoms with E-state index in [2.05, 4.69) is 27.5 Å². The van der Waals surface area contributed by atoms with Crippen LogP contribution in [0.15, 0.2) is 23.3 Å². The Balaban J connectivity index is 0.00000220. The van der Waals surface area contributed by atoms with Gasteiger partial charge in [-0.1, -0.05) is 17.7 Å². The lowest BCUT2D eigenvalue weighted by molar-refractivity contribution is 0.727. The van der Waals surface area contributed by atoms with E-state index in [1.807, 2.05) is 17.8 Å². The molecule has 7 heteroatoms. The van der Waals surface area contributed by atoms with Crippen LogP contribution in [0.4, 0.5) is 0 Å². The lowest BCUT2D eigenvalue weighted by Crippen LogP contribution is -2.40. The molecule has 118 valence electrons. The van der Waals surface area contributed by atoms with Gasteiger partial charge in [0.05, 0.1) is 6.54 Å². The fourth-order valence-corrected chi connectivity index (χ4v) is 3.34. The standard InChI is InChI=1S/C14H21ClN4S.HI/c1-2-16-14(19-10-12-4-3-7-20-12)18-9-11-5-6-13(15)17-8-11;/h5-6,8,12H,2-4,7,9-10H2,1H3,(H2,16,18,19);1H. The number of guanidine groups is 1. The summed E-state index contributed by atoms with van der Waals surface area (Å²) in [4.78, 5) is 8.64. The molecule has 1 aliphatic rings. The van der Waals surface area contributed by atoms with Gasteiger partial charge in [0.25, 0.3) is 0 Å². The molecule has 0 saturated carbocycles. The fraction of sp³-hybridized carbons (Fsp3) is 0.571. The molecule has 1 aliphatic heterocycles. The third kappa shape index (κ3) is 7.06. The Morgan fingerprint density at radius 1 is 1.48 bits per heavy atom. The van der Waals surface area contributed by atoms with E-state index in [1.165, 1.54) is 18.6 Å². The van der Waals surface area contributed by atoms with Gasteiger partial charge in [0.1, 0.15) is 5.15 Å². The second-order valence-corrected chi connectivity index (χ2v) is 6.50. The first-order valence-electron chi connectivity index (χ1n) is 7.02. The average molecular weight is 441 g/mol. The van der Waals surface area contributed by atoms with Crippen LogP contribution in [0.25, 0.3) is 0 Å². The van der Waals surface area contributed by atoms with Crippen LogP contribution in [0.2, 0.25) is 5.15 Å². The summed E-state index contributed by atoms with van der Waals surface area (Å²) in [5.41, 5.74) is 1.06. The highest BCUT2D eigenvalue weighted by Gasteiger charge is 2.15. The van der Waals surface area contributed by atoms with Crippen molar-refractivity contribution in [3.05, 3.63) is 29.0 Å². The zero-order valence-electron chi connectivity index (χ0n) is 12.1. The Morgan fingerprint density at radius 3 is 2.95 bits per heavy atom. The summed E-state index contributed by atoms with van der Waals surface area (Å²) in [7, 11) is 0. The highest BCUT2D eigenvalue weighted by atomic mass is 127. The molecule has 4 nitrogen and oxygen atoms in total. The van der Waals surface area contributed by atoms with Crippen molar-refractivity contribution in [1.82, 2.24) is 15.6 Å². The van der Waals surface area contributed by atoms with Gasteiger partial charge in [0.15, 0.2) is 5.96 Å². The second kappa shape index (κ2) is 10.5. The predicted octanol–water partition coefficient (Wildman–Crippen LogP) is 3.30. The molecule has 1 fully saturated rings. The first kappa shape index (κ1) is 18.8. The van der Waals surface area contributed by atoms with E-state index < -0.39 is 0 Å². The quantitative estimate of drug-likeness (QED) is 0.319. The van der Waals surface area contributed by atoms with Gasteiger partial charge in [-0.25, -0.2) is 9.98 Å². The molecular formula is C14H22ClIN4S. The summed E-state index contributed by atoms with van der Waals surface area (Å²) < 4.78 is 0. The molecule has 0 spiro atoms. The number of halogens is 2. The minimum absolute atomic E-state index is 0. The molecule has 1 aromatic rings. The Bertz CT molecular complexity index is 435. The summed E-state index contributed by atoms with van der Waals surface area (Å²) in [6.07, 6.45) is 4.40. The number of aromatic nitrogens is 1. The zero-order valence-corrected chi connectivity index (χ0v) is 16.0. The van der Waals surface area contributed by atoms with Crippen LogP contribution >= 0.6 is 47.3 Å². The van der Waals surface area contributed by atoms with Gasteiger partial charge in [-0.3, -0.25) is 0 Å². The first-order chi connectivity index (χ1) is 9.78. The molecule has 2 N–H and O–H groups in total. The highest BCUT2D eigenvalue weighted by molar-refractivity contribution is 14.0. The highest BCUT2D eigenvalue weighted by Crippen LogP contribution is 2.25. The predicted molar refractivity (Wildman–Crippen MR) is 103 cm³/mol. The maximum absolute atomic E-state index is 5.77. The topological polar surface area (TPSA) is 49.3 Å². The van der Waals surface area contributed by atoms with Gasteiger partial charge in [-0.2, -0.15) is 11.8 Å². The van der Waals surface area contributed by atoms with Gasteiger partial charge < -0.3 is 10.6 Å². The molecule has 1 saturated heterocycles. The number of thioether (sulfide) groups is 1. The van der Waals surface area contributed by atoms with E-state index in [0.717, 1.165) is 29.9 Å². The van der Waals surface area contributed by atoms with Crippen LogP contribution in [0.3, 0.4) is 0 Å². The number of rotatable bonds is 5. The lowest BCUT2D eigenvalue weighted by Gasteiger charge is -2.14. The van der Waals surface area contributed by atoms with E-state index in [-0.39, 0.29) is 24.0 Å². The molecule has 0 aromatic carbocycles. The molecule has 0 radical (unpaired) electrons. The van der Waals surface area contributed by atoms with E-state index in [1.54, 1.807) is 12.3 Å². The van der Waals surface area contributed by atoms with Gasteiger partial charge in [0, 0.05) is 24.5 Å². The van der Waals surface area contributed by atoms with E-state index >= 15 is 0 Å². The monoisotopic (exact) mass is 440 g/mol. The van der Waals surface area contributed by atoms with Crippen molar-refractivity contribution in [3.63, 3.8) is 0 Å². The van der Waals surface area contributed by atoms with Gasteiger partial charge in [-0.05, 0) is 37.1 Å². The zero-order chi connectivity index (χ0) is 14.2. The van der Waals surface area contributed by atoms with Crippen LogP contribution in [-0.4, -0.2) is 35.0 Å². The molecule has 2 heterocycles. The van der Waals surface area contributed by atoms with Crippen molar-refractivity contribution in [3.8, 4) is 0 Å². The van der Waals surface area contributed by atoms with Gasteiger partial charge in [0.2, 0.25) is 0 Å². The minimum Gasteiger partial charge on any atom is -0.357 e.